The minimum atomic E-state index is 0.255. The molecule has 152 valence electrons. The number of anilines is 1. The molecule has 8 nitrogen and oxygen atoms in total. The number of hydrogen-bond donors (Lipinski definition) is 1. The van der Waals surface area contributed by atoms with Gasteiger partial charge in [-0.3, -0.25) is 4.79 Å². The Labute approximate surface area is 171 Å². The quantitative estimate of drug-likeness (QED) is 0.607. The van der Waals surface area contributed by atoms with Crippen LogP contribution in [-0.4, -0.2) is 64.4 Å². The van der Waals surface area contributed by atoms with Crippen LogP contribution in [0.1, 0.15) is 24.0 Å². The summed E-state index contributed by atoms with van der Waals surface area (Å²) in [5.74, 6) is 1.59. The fraction of sp³-hybridized carbons (Fsp3) is 0.429. The number of hydrogen-bond acceptors (Lipinski definition) is 5. The van der Waals surface area contributed by atoms with Gasteiger partial charge in [-0.15, -0.1) is 0 Å². The summed E-state index contributed by atoms with van der Waals surface area (Å²) in [4.78, 5) is 31.1. The highest BCUT2D eigenvalue weighted by Crippen LogP contribution is 2.15. The predicted molar refractivity (Wildman–Crippen MR) is 112 cm³/mol. The Balaban J connectivity index is 1.27. The first-order valence-corrected chi connectivity index (χ1v) is 10.1. The number of likely N-dealkylation sites (tertiary alicyclic amines) is 1. The van der Waals surface area contributed by atoms with E-state index in [-0.39, 0.29) is 5.91 Å². The molecule has 2 aliphatic heterocycles. The standard InChI is InChI=1S/C21H27N7O/c22-20(26-11-13-27(14-12-26)21-23-8-2-9-24-21)25-15-17-4-6-18(7-5-17)16-28-10-1-3-19(28)29/h2,4-9H,1,3,10-16H2,(H2,22,25). The maximum absolute atomic E-state index is 11.8. The number of piperazine rings is 1. The molecular weight excluding hydrogens is 366 g/mol. The molecule has 0 bridgehead atoms. The molecule has 1 aromatic heterocycles. The summed E-state index contributed by atoms with van der Waals surface area (Å²) in [7, 11) is 0. The van der Waals surface area contributed by atoms with E-state index in [1.807, 2.05) is 11.0 Å². The number of benzene rings is 1. The summed E-state index contributed by atoms with van der Waals surface area (Å²) >= 11 is 0. The second kappa shape index (κ2) is 8.89. The van der Waals surface area contributed by atoms with Gasteiger partial charge in [-0.05, 0) is 23.6 Å². The second-order valence-electron chi connectivity index (χ2n) is 7.43. The van der Waals surface area contributed by atoms with Gasteiger partial charge in [0.25, 0.3) is 0 Å². The van der Waals surface area contributed by atoms with Gasteiger partial charge < -0.3 is 20.4 Å². The number of aromatic nitrogens is 2. The van der Waals surface area contributed by atoms with Crippen LogP contribution in [-0.2, 0) is 17.9 Å². The number of amides is 1. The van der Waals surface area contributed by atoms with E-state index in [0.29, 0.717) is 25.5 Å². The van der Waals surface area contributed by atoms with Crippen LogP contribution in [0.5, 0.6) is 0 Å². The lowest BCUT2D eigenvalue weighted by Gasteiger charge is -2.35. The smallest absolute Gasteiger partial charge is 0.225 e. The monoisotopic (exact) mass is 393 g/mol. The SMILES string of the molecule is NC(=NCc1ccc(CN2CCCC2=O)cc1)N1CCN(c2ncccn2)CC1. The molecule has 0 atom stereocenters. The van der Waals surface area contributed by atoms with E-state index >= 15 is 0 Å². The van der Waals surface area contributed by atoms with Gasteiger partial charge >= 0.3 is 0 Å². The number of nitrogens with two attached hydrogens (primary N) is 1. The van der Waals surface area contributed by atoms with Crippen LogP contribution in [0.2, 0.25) is 0 Å². The van der Waals surface area contributed by atoms with Crippen molar-refractivity contribution in [3.8, 4) is 0 Å². The molecule has 1 aromatic carbocycles. The zero-order chi connectivity index (χ0) is 20.1. The number of rotatable bonds is 5. The molecule has 0 radical (unpaired) electrons. The molecule has 0 spiro atoms. The molecule has 1 amide bonds. The second-order valence-corrected chi connectivity index (χ2v) is 7.43. The van der Waals surface area contributed by atoms with Crippen molar-refractivity contribution in [3.05, 3.63) is 53.9 Å². The van der Waals surface area contributed by atoms with Crippen LogP contribution in [0.15, 0.2) is 47.7 Å². The molecule has 3 heterocycles. The van der Waals surface area contributed by atoms with Gasteiger partial charge in [0.1, 0.15) is 0 Å². The largest absolute Gasteiger partial charge is 0.370 e. The van der Waals surface area contributed by atoms with E-state index in [1.165, 1.54) is 0 Å². The van der Waals surface area contributed by atoms with Crippen molar-refractivity contribution in [2.24, 2.45) is 10.7 Å². The van der Waals surface area contributed by atoms with E-state index in [4.69, 9.17) is 5.73 Å². The summed E-state index contributed by atoms with van der Waals surface area (Å²) in [5, 5.41) is 0. The van der Waals surface area contributed by atoms with Gasteiger partial charge in [0.2, 0.25) is 11.9 Å². The molecule has 2 aromatic rings. The zero-order valence-corrected chi connectivity index (χ0v) is 16.6. The Morgan fingerprint density at radius 1 is 1.00 bits per heavy atom. The summed E-state index contributed by atoms with van der Waals surface area (Å²) in [5.41, 5.74) is 8.48. The minimum absolute atomic E-state index is 0.255. The van der Waals surface area contributed by atoms with Crippen LogP contribution >= 0.6 is 0 Å². The first kappa shape index (κ1) is 19.2. The lowest BCUT2D eigenvalue weighted by atomic mass is 10.1. The lowest BCUT2D eigenvalue weighted by Crippen LogP contribution is -2.51. The number of aliphatic imine (C=N–C) groups is 1. The van der Waals surface area contributed by atoms with Gasteiger partial charge in [0.15, 0.2) is 5.96 Å². The maximum atomic E-state index is 11.8. The van der Waals surface area contributed by atoms with E-state index in [2.05, 4.69) is 49.0 Å². The first-order chi connectivity index (χ1) is 14.2. The summed E-state index contributed by atoms with van der Waals surface area (Å²) in [6.07, 6.45) is 5.17. The predicted octanol–water partition coefficient (Wildman–Crippen LogP) is 1.24. The maximum Gasteiger partial charge on any atom is 0.225 e. The van der Waals surface area contributed by atoms with E-state index < -0.39 is 0 Å². The lowest BCUT2D eigenvalue weighted by molar-refractivity contribution is -0.128. The summed E-state index contributed by atoms with van der Waals surface area (Å²) < 4.78 is 0. The molecular formula is C21H27N7O. The third-order valence-electron chi connectivity index (χ3n) is 5.43. The van der Waals surface area contributed by atoms with Crippen LogP contribution in [0.3, 0.4) is 0 Å². The van der Waals surface area contributed by atoms with Gasteiger partial charge in [-0.1, -0.05) is 24.3 Å². The molecule has 8 heteroatoms. The average Bonchev–Trinajstić information content (AvgIpc) is 3.18. The number of guanidine groups is 1. The average molecular weight is 393 g/mol. The minimum Gasteiger partial charge on any atom is -0.370 e. The molecule has 0 aliphatic carbocycles. The normalized spacial score (nSPS) is 17.9. The molecule has 2 fully saturated rings. The van der Waals surface area contributed by atoms with Gasteiger partial charge in [-0.2, -0.15) is 0 Å². The summed E-state index contributed by atoms with van der Waals surface area (Å²) in [6.45, 7) is 5.36. The highest BCUT2D eigenvalue weighted by Gasteiger charge is 2.21. The highest BCUT2D eigenvalue weighted by atomic mass is 16.2. The van der Waals surface area contributed by atoms with Gasteiger partial charge in [-0.25, -0.2) is 15.0 Å². The van der Waals surface area contributed by atoms with Crippen molar-refractivity contribution in [2.45, 2.75) is 25.9 Å². The first-order valence-electron chi connectivity index (χ1n) is 10.1. The molecule has 4 rings (SSSR count). The number of carbonyl (C=O) groups excluding carboxylic acids is 1. The van der Waals surface area contributed by atoms with E-state index in [0.717, 1.165) is 56.2 Å². The topological polar surface area (TPSA) is 91.0 Å². The van der Waals surface area contributed by atoms with Crippen molar-refractivity contribution in [2.75, 3.05) is 37.6 Å². The molecule has 0 unspecified atom stereocenters. The molecule has 2 saturated heterocycles. The van der Waals surface area contributed by atoms with Crippen LogP contribution in [0.4, 0.5) is 5.95 Å². The van der Waals surface area contributed by atoms with Gasteiger partial charge in [0.05, 0.1) is 6.54 Å². The molecule has 2 aliphatic rings. The molecule has 2 N–H and O–H groups in total. The third-order valence-corrected chi connectivity index (χ3v) is 5.43. The third kappa shape index (κ3) is 4.82. The van der Waals surface area contributed by atoms with Crippen LogP contribution < -0.4 is 10.6 Å². The van der Waals surface area contributed by atoms with Crippen LogP contribution in [0, 0.1) is 0 Å². The Hall–Kier alpha value is -3.16. The highest BCUT2D eigenvalue weighted by molar-refractivity contribution is 5.78. The Morgan fingerprint density at radius 3 is 2.34 bits per heavy atom. The van der Waals surface area contributed by atoms with Crippen LogP contribution in [0.25, 0.3) is 0 Å². The molecule has 0 saturated carbocycles. The van der Waals surface area contributed by atoms with E-state index in [1.54, 1.807) is 12.4 Å². The van der Waals surface area contributed by atoms with Crippen molar-refractivity contribution in [3.63, 3.8) is 0 Å². The Kier molecular flexibility index (Phi) is 5.88. The molecule has 29 heavy (non-hydrogen) atoms. The van der Waals surface area contributed by atoms with Crippen molar-refractivity contribution in [1.29, 1.82) is 0 Å². The summed E-state index contributed by atoms with van der Waals surface area (Å²) in [6, 6.07) is 10.1. The number of carbonyl (C=O) groups is 1. The fourth-order valence-corrected chi connectivity index (χ4v) is 3.70. The Morgan fingerprint density at radius 2 is 1.69 bits per heavy atom. The van der Waals surface area contributed by atoms with Crippen molar-refractivity contribution in [1.82, 2.24) is 19.8 Å². The van der Waals surface area contributed by atoms with Gasteiger partial charge in [0, 0.05) is 58.1 Å². The Bertz CT molecular complexity index is 845. The number of nitrogens with zero attached hydrogens (tertiary/aromatic N) is 6. The fourth-order valence-electron chi connectivity index (χ4n) is 3.70. The van der Waals surface area contributed by atoms with Crippen molar-refractivity contribution < 1.29 is 4.79 Å². The van der Waals surface area contributed by atoms with Crippen molar-refractivity contribution >= 4 is 17.8 Å². The van der Waals surface area contributed by atoms with E-state index in [9.17, 15) is 4.79 Å². The zero-order valence-electron chi connectivity index (χ0n) is 16.6.